The standard InChI is InChI=1S/C30H38N8O2/c1-5-13-31-28(39)23-19-32-29(33-22-9-10-24(20(2)18-22)38-16-14-37(4)15-17-38)36-27(23)35-25-11-8-21-7-6-12-30(3,40)26(21)34-25/h5,8-11,18-19,40H,1,6-7,12-17H2,2-4H3,(H,31,39)(H2,32,33,34,35,36)/t30-/m1/s1. The number of likely N-dealkylation sites (N-methyl/N-ethyl adjacent to an activating group) is 1. The van der Waals surface area contributed by atoms with Gasteiger partial charge in [0, 0.05) is 50.3 Å². The fraction of sp³-hybridized carbons (Fsp3) is 0.400. The maximum absolute atomic E-state index is 12.9. The summed E-state index contributed by atoms with van der Waals surface area (Å²) in [6.07, 6.45) is 5.56. The van der Waals surface area contributed by atoms with Crippen LogP contribution in [0.4, 0.5) is 29.0 Å². The molecule has 0 radical (unpaired) electrons. The number of amides is 1. The number of nitrogens with one attached hydrogen (secondary N) is 3. The molecule has 5 rings (SSSR count). The molecule has 1 fully saturated rings. The highest BCUT2D eigenvalue weighted by atomic mass is 16.3. The highest BCUT2D eigenvalue weighted by Gasteiger charge is 2.31. The van der Waals surface area contributed by atoms with Gasteiger partial charge in [-0.2, -0.15) is 4.98 Å². The van der Waals surface area contributed by atoms with Crippen LogP contribution in [0.1, 0.15) is 46.9 Å². The molecule has 3 aromatic rings. The van der Waals surface area contributed by atoms with Crippen LogP contribution in [0.15, 0.2) is 49.2 Å². The van der Waals surface area contributed by atoms with Crippen LogP contribution in [-0.4, -0.2) is 70.6 Å². The quantitative estimate of drug-likeness (QED) is 0.315. The van der Waals surface area contributed by atoms with Crippen LogP contribution in [-0.2, 0) is 12.0 Å². The maximum Gasteiger partial charge on any atom is 0.256 e. The molecule has 1 saturated heterocycles. The Hall–Kier alpha value is -4.02. The molecule has 2 aliphatic rings. The second-order valence-corrected chi connectivity index (χ2v) is 10.8. The van der Waals surface area contributed by atoms with Crippen LogP contribution >= 0.6 is 0 Å². The first-order chi connectivity index (χ1) is 19.2. The number of hydrogen-bond acceptors (Lipinski definition) is 9. The lowest BCUT2D eigenvalue weighted by atomic mass is 9.84. The van der Waals surface area contributed by atoms with E-state index in [0.717, 1.165) is 50.3 Å². The highest BCUT2D eigenvalue weighted by molar-refractivity contribution is 5.99. The fourth-order valence-electron chi connectivity index (χ4n) is 5.32. The molecule has 40 heavy (non-hydrogen) atoms. The number of hydrogen-bond donors (Lipinski definition) is 4. The van der Waals surface area contributed by atoms with Gasteiger partial charge in [-0.1, -0.05) is 12.1 Å². The molecule has 10 nitrogen and oxygen atoms in total. The van der Waals surface area contributed by atoms with Gasteiger partial charge in [0.2, 0.25) is 5.95 Å². The Morgan fingerprint density at radius 3 is 2.70 bits per heavy atom. The minimum Gasteiger partial charge on any atom is -0.384 e. The summed E-state index contributed by atoms with van der Waals surface area (Å²) >= 11 is 0. The molecule has 1 aromatic carbocycles. The van der Waals surface area contributed by atoms with Gasteiger partial charge in [0.05, 0.1) is 5.69 Å². The lowest BCUT2D eigenvalue weighted by Gasteiger charge is -2.35. The molecule has 0 spiro atoms. The third kappa shape index (κ3) is 6.08. The van der Waals surface area contributed by atoms with E-state index in [9.17, 15) is 9.90 Å². The van der Waals surface area contributed by atoms with Crippen LogP contribution in [0.2, 0.25) is 0 Å². The lowest BCUT2D eigenvalue weighted by molar-refractivity contribution is 0.0341. The van der Waals surface area contributed by atoms with E-state index < -0.39 is 5.60 Å². The summed E-state index contributed by atoms with van der Waals surface area (Å²) in [6, 6.07) is 10.1. The predicted octanol–water partition coefficient (Wildman–Crippen LogP) is 3.88. The van der Waals surface area contributed by atoms with Gasteiger partial charge < -0.3 is 30.9 Å². The van der Waals surface area contributed by atoms with E-state index in [-0.39, 0.29) is 11.5 Å². The normalized spacial score (nSPS) is 19.1. The molecule has 0 saturated carbocycles. The minimum absolute atomic E-state index is 0.278. The highest BCUT2D eigenvalue weighted by Crippen LogP contribution is 2.35. The average Bonchev–Trinajstić information content (AvgIpc) is 2.93. The van der Waals surface area contributed by atoms with E-state index in [1.165, 1.54) is 17.4 Å². The van der Waals surface area contributed by atoms with Gasteiger partial charge in [0.25, 0.3) is 5.91 Å². The van der Waals surface area contributed by atoms with Gasteiger partial charge in [-0.05, 0) is 75.5 Å². The van der Waals surface area contributed by atoms with Crippen molar-refractivity contribution < 1.29 is 9.90 Å². The second-order valence-electron chi connectivity index (χ2n) is 10.8. The zero-order chi connectivity index (χ0) is 28.3. The Bertz CT molecular complexity index is 1400. The Labute approximate surface area is 235 Å². The molecule has 0 bridgehead atoms. The van der Waals surface area contributed by atoms with E-state index in [0.29, 0.717) is 36.2 Å². The van der Waals surface area contributed by atoms with Gasteiger partial charge in [-0.25, -0.2) is 9.97 Å². The summed E-state index contributed by atoms with van der Waals surface area (Å²) < 4.78 is 0. The van der Waals surface area contributed by atoms with Crippen LogP contribution < -0.4 is 20.9 Å². The molecule has 0 unspecified atom stereocenters. The number of carbonyl (C=O) groups is 1. The van der Waals surface area contributed by atoms with Gasteiger partial charge in [-0.15, -0.1) is 6.58 Å². The van der Waals surface area contributed by atoms with E-state index >= 15 is 0 Å². The molecule has 1 amide bonds. The minimum atomic E-state index is -0.998. The third-order valence-electron chi connectivity index (χ3n) is 7.58. The summed E-state index contributed by atoms with van der Waals surface area (Å²) in [5.74, 6) is 0.828. The first-order valence-electron chi connectivity index (χ1n) is 13.8. The smallest absolute Gasteiger partial charge is 0.256 e. The Kier molecular flexibility index (Phi) is 7.99. The zero-order valence-electron chi connectivity index (χ0n) is 23.5. The summed E-state index contributed by atoms with van der Waals surface area (Å²) in [7, 11) is 2.15. The Morgan fingerprint density at radius 1 is 1.15 bits per heavy atom. The topological polar surface area (TPSA) is 119 Å². The van der Waals surface area contributed by atoms with E-state index in [4.69, 9.17) is 4.98 Å². The molecule has 10 heteroatoms. The van der Waals surface area contributed by atoms with Crippen molar-refractivity contribution >= 4 is 34.9 Å². The van der Waals surface area contributed by atoms with Crippen LogP contribution in [0.5, 0.6) is 0 Å². The monoisotopic (exact) mass is 542 g/mol. The van der Waals surface area contributed by atoms with Gasteiger partial charge in [-0.3, -0.25) is 4.79 Å². The van der Waals surface area contributed by atoms with Crippen molar-refractivity contribution in [3.8, 4) is 0 Å². The summed E-state index contributed by atoms with van der Waals surface area (Å²) in [5.41, 5.74) is 4.22. The summed E-state index contributed by atoms with van der Waals surface area (Å²) in [4.78, 5) is 31.4. The number of pyridine rings is 1. The van der Waals surface area contributed by atoms with Crippen molar-refractivity contribution in [2.24, 2.45) is 0 Å². The Balaban J connectivity index is 1.41. The van der Waals surface area contributed by atoms with E-state index in [2.05, 4.69) is 68.4 Å². The fourth-order valence-corrected chi connectivity index (χ4v) is 5.32. The van der Waals surface area contributed by atoms with Crippen molar-refractivity contribution in [3.63, 3.8) is 0 Å². The SMILES string of the molecule is C=CCNC(=O)c1cnc(Nc2ccc(N3CCN(C)CC3)c(C)c2)nc1Nc1ccc2c(n1)[C@](C)(O)CCC2. The largest absolute Gasteiger partial charge is 0.384 e. The number of rotatable bonds is 8. The second kappa shape index (κ2) is 11.6. The lowest BCUT2D eigenvalue weighted by Crippen LogP contribution is -2.44. The summed E-state index contributed by atoms with van der Waals surface area (Å²) in [6.45, 7) is 12.0. The number of piperazine rings is 1. The van der Waals surface area contributed by atoms with Crippen molar-refractivity contribution in [2.75, 3.05) is 55.3 Å². The molecular weight excluding hydrogens is 504 g/mol. The average molecular weight is 543 g/mol. The molecule has 1 atom stereocenters. The third-order valence-corrected chi connectivity index (χ3v) is 7.58. The van der Waals surface area contributed by atoms with Crippen LogP contribution in [0.25, 0.3) is 0 Å². The van der Waals surface area contributed by atoms with Gasteiger partial charge >= 0.3 is 0 Å². The van der Waals surface area contributed by atoms with Crippen molar-refractivity contribution in [3.05, 3.63) is 71.6 Å². The van der Waals surface area contributed by atoms with E-state index in [1.807, 2.05) is 18.2 Å². The first kappa shape index (κ1) is 27.5. The molecule has 210 valence electrons. The van der Waals surface area contributed by atoms with Gasteiger partial charge in [0.15, 0.2) is 0 Å². The van der Waals surface area contributed by atoms with Crippen LogP contribution in [0, 0.1) is 6.92 Å². The zero-order valence-corrected chi connectivity index (χ0v) is 23.5. The van der Waals surface area contributed by atoms with Crippen molar-refractivity contribution in [1.29, 1.82) is 0 Å². The molecular formula is C30H38N8O2. The molecule has 4 N–H and O–H groups in total. The van der Waals surface area contributed by atoms with Crippen molar-refractivity contribution in [2.45, 2.75) is 38.7 Å². The number of carbonyl (C=O) groups excluding carboxylic acids is 1. The molecule has 1 aliphatic carbocycles. The van der Waals surface area contributed by atoms with E-state index in [1.54, 1.807) is 13.0 Å². The number of aliphatic hydroxyl groups is 1. The number of benzene rings is 1. The number of anilines is 5. The first-order valence-corrected chi connectivity index (χ1v) is 13.8. The predicted molar refractivity (Wildman–Crippen MR) is 159 cm³/mol. The number of aromatic nitrogens is 3. The van der Waals surface area contributed by atoms with Crippen LogP contribution in [0.3, 0.4) is 0 Å². The molecule has 3 heterocycles. The number of fused-ring (bicyclic) bond motifs is 1. The maximum atomic E-state index is 12.9. The Morgan fingerprint density at radius 2 is 1.95 bits per heavy atom. The summed E-state index contributed by atoms with van der Waals surface area (Å²) in [5, 5.41) is 20.2. The number of aryl methyl sites for hydroxylation is 2. The molecule has 2 aromatic heterocycles. The molecule has 1 aliphatic heterocycles. The number of nitrogens with zero attached hydrogens (tertiary/aromatic N) is 5. The van der Waals surface area contributed by atoms with Gasteiger partial charge in [0.1, 0.15) is 22.8 Å². The van der Waals surface area contributed by atoms with Crippen molar-refractivity contribution in [1.82, 2.24) is 25.2 Å².